The van der Waals surface area contributed by atoms with Gasteiger partial charge in [-0.25, -0.2) is 9.97 Å². The monoisotopic (exact) mass is 264 g/mol. The normalized spacial score (nSPS) is 22.8. The topological polar surface area (TPSA) is 59.1 Å². The average molecular weight is 264 g/mol. The molecule has 1 aromatic heterocycles. The highest BCUT2D eigenvalue weighted by Gasteiger charge is 2.24. The third-order valence-electron chi connectivity index (χ3n) is 3.59. The van der Waals surface area contributed by atoms with Gasteiger partial charge in [0.1, 0.15) is 17.5 Å². The molecule has 0 spiro atoms. The molecule has 1 aliphatic rings. The van der Waals surface area contributed by atoms with Gasteiger partial charge in [0.25, 0.3) is 0 Å². The highest BCUT2D eigenvalue weighted by Crippen LogP contribution is 2.25. The fraction of sp³-hybridized carbons (Fsp3) is 0.714. The number of anilines is 2. The van der Waals surface area contributed by atoms with E-state index in [1.165, 1.54) is 0 Å². The summed E-state index contributed by atoms with van der Waals surface area (Å²) in [6.45, 7) is 4.21. The van der Waals surface area contributed by atoms with Crippen LogP contribution in [0.5, 0.6) is 0 Å². The minimum Gasteiger partial charge on any atom is -0.381 e. The van der Waals surface area contributed by atoms with Crippen LogP contribution in [-0.4, -0.2) is 36.3 Å². The quantitative estimate of drug-likeness (QED) is 0.856. The van der Waals surface area contributed by atoms with Gasteiger partial charge in [-0.05, 0) is 19.3 Å². The highest BCUT2D eigenvalue weighted by atomic mass is 16.5. The van der Waals surface area contributed by atoms with Gasteiger partial charge in [-0.2, -0.15) is 0 Å². The van der Waals surface area contributed by atoms with Crippen LogP contribution in [0.1, 0.15) is 44.9 Å². The third-order valence-corrected chi connectivity index (χ3v) is 3.59. The molecule has 19 heavy (non-hydrogen) atoms. The second-order valence-electron chi connectivity index (χ2n) is 5.41. The van der Waals surface area contributed by atoms with Crippen LogP contribution in [0.25, 0.3) is 0 Å². The number of hydrogen-bond acceptors (Lipinski definition) is 5. The lowest BCUT2D eigenvalue weighted by atomic mass is 10.2. The average Bonchev–Trinajstić information content (AvgIpc) is 2.85. The standard InChI is InChI=1S/C14H24N4O/c1-9(2)14-17-12(15-3)8-13(18-14)16-10-5-6-11(7-10)19-4/h8-11H,5-7H2,1-4H3,(H2,15,16,17,18). The first-order valence-corrected chi connectivity index (χ1v) is 6.98. The zero-order valence-electron chi connectivity index (χ0n) is 12.2. The Morgan fingerprint density at radius 1 is 1.26 bits per heavy atom. The molecule has 1 aromatic rings. The Morgan fingerprint density at radius 3 is 2.58 bits per heavy atom. The SMILES string of the molecule is CNc1cc(NC2CCC(OC)C2)nc(C(C)C)n1. The zero-order chi connectivity index (χ0) is 13.8. The molecular formula is C14H24N4O. The summed E-state index contributed by atoms with van der Waals surface area (Å²) in [5, 5.41) is 6.60. The van der Waals surface area contributed by atoms with Crippen LogP contribution < -0.4 is 10.6 Å². The van der Waals surface area contributed by atoms with Crippen molar-refractivity contribution in [3.05, 3.63) is 11.9 Å². The first-order valence-electron chi connectivity index (χ1n) is 6.98. The fourth-order valence-corrected chi connectivity index (χ4v) is 2.42. The molecule has 0 saturated heterocycles. The Labute approximate surface area is 115 Å². The van der Waals surface area contributed by atoms with Crippen molar-refractivity contribution in [1.29, 1.82) is 0 Å². The van der Waals surface area contributed by atoms with Gasteiger partial charge >= 0.3 is 0 Å². The summed E-state index contributed by atoms with van der Waals surface area (Å²) in [6.07, 6.45) is 3.68. The highest BCUT2D eigenvalue weighted by molar-refractivity contribution is 5.48. The Balaban J connectivity index is 2.09. The summed E-state index contributed by atoms with van der Waals surface area (Å²) in [5.74, 6) is 2.96. The predicted octanol–water partition coefficient (Wildman–Crippen LogP) is 2.62. The number of ether oxygens (including phenoxy) is 1. The van der Waals surface area contributed by atoms with Crippen LogP contribution in [0.4, 0.5) is 11.6 Å². The second-order valence-corrected chi connectivity index (χ2v) is 5.41. The maximum absolute atomic E-state index is 5.40. The molecule has 2 rings (SSSR count). The fourth-order valence-electron chi connectivity index (χ4n) is 2.42. The first kappa shape index (κ1) is 14.1. The van der Waals surface area contributed by atoms with Gasteiger partial charge in [-0.3, -0.25) is 0 Å². The van der Waals surface area contributed by atoms with Gasteiger partial charge in [0.05, 0.1) is 6.10 Å². The van der Waals surface area contributed by atoms with Gasteiger partial charge < -0.3 is 15.4 Å². The number of rotatable bonds is 5. The number of hydrogen-bond donors (Lipinski definition) is 2. The van der Waals surface area contributed by atoms with Gasteiger partial charge in [0, 0.05) is 32.2 Å². The Kier molecular flexibility index (Phi) is 4.58. The molecule has 1 aliphatic carbocycles. The molecular weight excluding hydrogens is 240 g/mol. The van der Waals surface area contributed by atoms with Crippen LogP contribution in [0, 0.1) is 0 Å². The van der Waals surface area contributed by atoms with Crippen molar-refractivity contribution < 1.29 is 4.74 Å². The van der Waals surface area contributed by atoms with Crippen LogP contribution >= 0.6 is 0 Å². The van der Waals surface area contributed by atoms with E-state index in [0.29, 0.717) is 18.1 Å². The minimum absolute atomic E-state index is 0.323. The molecule has 2 atom stereocenters. The van der Waals surface area contributed by atoms with Crippen LogP contribution in [0.3, 0.4) is 0 Å². The molecule has 1 saturated carbocycles. The third kappa shape index (κ3) is 3.56. The Hall–Kier alpha value is -1.36. The number of methoxy groups -OCH3 is 1. The van der Waals surface area contributed by atoms with E-state index in [0.717, 1.165) is 36.7 Å². The molecule has 0 bridgehead atoms. The van der Waals surface area contributed by atoms with Crippen molar-refractivity contribution in [3.8, 4) is 0 Å². The van der Waals surface area contributed by atoms with E-state index >= 15 is 0 Å². The van der Waals surface area contributed by atoms with E-state index in [1.54, 1.807) is 7.11 Å². The van der Waals surface area contributed by atoms with E-state index in [2.05, 4.69) is 34.4 Å². The predicted molar refractivity (Wildman–Crippen MR) is 77.7 cm³/mol. The van der Waals surface area contributed by atoms with Crippen molar-refractivity contribution in [2.75, 3.05) is 24.8 Å². The molecule has 5 nitrogen and oxygen atoms in total. The van der Waals surface area contributed by atoms with Crippen molar-refractivity contribution in [2.24, 2.45) is 0 Å². The minimum atomic E-state index is 0.323. The van der Waals surface area contributed by atoms with Crippen LogP contribution in [0.15, 0.2) is 6.07 Å². The lowest BCUT2D eigenvalue weighted by molar-refractivity contribution is 0.108. The van der Waals surface area contributed by atoms with Gasteiger partial charge in [-0.1, -0.05) is 13.8 Å². The molecule has 5 heteroatoms. The van der Waals surface area contributed by atoms with E-state index in [9.17, 15) is 0 Å². The Bertz CT molecular complexity index is 422. The molecule has 0 amide bonds. The molecule has 0 aromatic carbocycles. The summed E-state index contributed by atoms with van der Waals surface area (Å²) in [7, 11) is 3.67. The van der Waals surface area contributed by atoms with E-state index < -0.39 is 0 Å². The van der Waals surface area contributed by atoms with E-state index in [1.807, 2.05) is 13.1 Å². The molecule has 0 aliphatic heterocycles. The second kappa shape index (κ2) is 6.19. The first-order chi connectivity index (χ1) is 9.12. The molecule has 0 radical (unpaired) electrons. The molecule has 2 N–H and O–H groups in total. The summed E-state index contributed by atoms with van der Waals surface area (Å²) < 4.78 is 5.40. The lowest BCUT2D eigenvalue weighted by Gasteiger charge is -2.16. The maximum atomic E-state index is 5.40. The largest absolute Gasteiger partial charge is 0.381 e. The van der Waals surface area contributed by atoms with Crippen molar-refractivity contribution in [1.82, 2.24) is 9.97 Å². The maximum Gasteiger partial charge on any atom is 0.135 e. The molecule has 2 unspecified atom stereocenters. The molecule has 1 fully saturated rings. The number of nitrogens with one attached hydrogen (secondary N) is 2. The summed E-state index contributed by atoms with van der Waals surface area (Å²) >= 11 is 0. The van der Waals surface area contributed by atoms with Crippen molar-refractivity contribution in [3.63, 3.8) is 0 Å². The van der Waals surface area contributed by atoms with Crippen LogP contribution in [-0.2, 0) is 4.74 Å². The molecule has 1 heterocycles. The summed E-state index contributed by atoms with van der Waals surface area (Å²) in [6, 6.07) is 2.41. The van der Waals surface area contributed by atoms with Gasteiger partial charge in [0.15, 0.2) is 0 Å². The Morgan fingerprint density at radius 2 is 2.00 bits per heavy atom. The van der Waals surface area contributed by atoms with Crippen molar-refractivity contribution in [2.45, 2.75) is 51.2 Å². The van der Waals surface area contributed by atoms with E-state index in [-0.39, 0.29) is 0 Å². The zero-order valence-corrected chi connectivity index (χ0v) is 12.2. The molecule has 106 valence electrons. The number of nitrogens with zero attached hydrogens (tertiary/aromatic N) is 2. The van der Waals surface area contributed by atoms with E-state index in [4.69, 9.17) is 4.74 Å². The van der Waals surface area contributed by atoms with Gasteiger partial charge in [0.2, 0.25) is 0 Å². The van der Waals surface area contributed by atoms with Gasteiger partial charge in [-0.15, -0.1) is 0 Å². The van der Waals surface area contributed by atoms with Crippen molar-refractivity contribution >= 4 is 11.6 Å². The van der Waals surface area contributed by atoms with Crippen LogP contribution in [0.2, 0.25) is 0 Å². The summed E-state index contributed by atoms with van der Waals surface area (Å²) in [4.78, 5) is 9.06. The summed E-state index contributed by atoms with van der Waals surface area (Å²) in [5.41, 5.74) is 0. The number of aromatic nitrogens is 2. The smallest absolute Gasteiger partial charge is 0.135 e. The lowest BCUT2D eigenvalue weighted by Crippen LogP contribution is -2.19.